The van der Waals surface area contributed by atoms with Crippen molar-refractivity contribution in [1.82, 2.24) is 73.9 Å². The highest BCUT2D eigenvalue weighted by molar-refractivity contribution is 7.13. The molecule has 4 aromatic carbocycles. The lowest BCUT2D eigenvalue weighted by molar-refractivity contribution is 0.155. The summed E-state index contributed by atoms with van der Waals surface area (Å²) in [7, 11) is 8.20. The van der Waals surface area contributed by atoms with Crippen LogP contribution in [0.15, 0.2) is 115 Å². The van der Waals surface area contributed by atoms with Gasteiger partial charge in [-0.15, -0.1) is 41.9 Å². The molecule has 3 atom stereocenters. The predicted octanol–water partition coefficient (Wildman–Crippen LogP) is 11.0. The van der Waals surface area contributed by atoms with Crippen LogP contribution in [0.2, 0.25) is 0 Å². The average Bonchev–Trinajstić information content (AvgIpc) is 2.05. The van der Waals surface area contributed by atoms with Crippen molar-refractivity contribution in [2.24, 2.45) is 0 Å². The molecule has 3 aliphatic rings. The number of rotatable bonds is 17. The minimum Gasteiger partial charge on any atom is -0.497 e. The minimum atomic E-state index is -0.287. The van der Waals surface area contributed by atoms with E-state index in [1.54, 1.807) is 47.7 Å². The number of hydrogen-bond acceptors (Lipinski definition) is 19. The Morgan fingerprint density at radius 2 is 1.01 bits per heavy atom. The summed E-state index contributed by atoms with van der Waals surface area (Å²) < 4.78 is 55.0. The number of aromatic nitrogens is 12. The Labute approximate surface area is 528 Å². The second-order valence-electron chi connectivity index (χ2n) is 22.1. The SMILES string of the molecule is COc1ccc(CN2CCn3c(-c4cccc(C#[N+]COc5cc(OC)ccc5CN5CCn6c(-c7cccc(C#[N+]c8c(OC)ccc(CN9CCn%10c(-c%11csc(-c%12ccc(F)cc%12)n%11)nnc%10C9C)c8OC)n7)nnc6C5C)n4)nnc3C2C)c(OC)c1. The monoisotopic (exact) mass is 1240 g/mol. The first kappa shape index (κ1) is 59.8. The number of ether oxygens (including phenoxy) is 6. The largest absolute Gasteiger partial charge is 0.497 e. The molecule has 0 fully saturated rings. The van der Waals surface area contributed by atoms with Gasteiger partial charge in [0, 0.05) is 98.7 Å². The molecular formula is C66H66FN17O6S+2. The Kier molecular flexibility index (Phi) is 17.1. The molecule has 0 bridgehead atoms. The van der Waals surface area contributed by atoms with Crippen molar-refractivity contribution >= 4 is 17.0 Å². The normalized spacial score (nSPS) is 16.3. The van der Waals surface area contributed by atoms with Crippen LogP contribution in [0.5, 0.6) is 34.5 Å². The second kappa shape index (κ2) is 26.1. The Bertz CT molecular complexity index is 4450. The van der Waals surface area contributed by atoms with Gasteiger partial charge in [0.25, 0.3) is 0 Å². The van der Waals surface area contributed by atoms with Crippen LogP contribution in [0.4, 0.5) is 10.1 Å². The van der Waals surface area contributed by atoms with Crippen molar-refractivity contribution < 1.29 is 32.8 Å². The average molecular weight is 1240 g/mol. The van der Waals surface area contributed by atoms with Gasteiger partial charge < -0.3 is 42.1 Å². The number of benzene rings is 4. The lowest BCUT2D eigenvalue weighted by Crippen LogP contribution is -2.36. The van der Waals surface area contributed by atoms with Crippen molar-refractivity contribution in [2.75, 3.05) is 61.9 Å². The van der Waals surface area contributed by atoms with Crippen LogP contribution in [0, 0.1) is 18.0 Å². The zero-order valence-electron chi connectivity index (χ0n) is 51.6. The molecule has 3 unspecified atom stereocenters. The molecule has 25 heteroatoms. The Morgan fingerprint density at radius 3 is 1.55 bits per heavy atom. The molecule has 0 radical (unpaired) electrons. The summed E-state index contributed by atoms with van der Waals surface area (Å²) in [6, 6.07) is 39.4. The molecule has 10 aromatic rings. The van der Waals surface area contributed by atoms with Gasteiger partial charge in [-0.3, -0.25) is 14.7 Å². The van der Waals surface area contributed by atoms with Crippen molar-refractivity contribution in [3.63, 3.8) is 0 Å². The van der Waals surface area contributed by atoms with E-state index in [4.69, 9.17) is 58.4 Å². The molecule has 0 amide bonds. The van der Waals surface area contributed by atoms with Gasteiger partial charge in [-0.2, -0.15) is 0 Å². The van der Waals surface area contributed by atoms with E-state index in [0.29, 0.717) is 115 Å². The number of nitrogens with zero attached hydrogens (tertiary/aromatic N) is 17. The molecule has 23 nitrogen and oxygen atoms in total. The Balaban J connectivity index is 0.654. The Morgan fingerprint density at radius 1 is 0.505 bits per heavy atom. The maximum Gasteiger partial charge on any atom is 0.423 e. The molecule has 0 N–H and O–H groups in total. The van der Waals surface area contributed by atoms with Gasteiger partial charge in [-0.25, -0.2) is 19.3 Å². The van der Waals surface area contributed by atoms with Crippen LogP contribution < -0.4 is 28.4 Å². The fourth-order valence-electron chi connectivity index (χ4n) is 12.0. The first-order valence-corrected chi connectivity index (χ1v) is 30.7. The molecule has 0 saturated heterocycles. The molecule has 3 aliphatic heterocycles. The van der Waals surface area contributed by atoms with E-state index in [2.05, 4.69) is 86.6 Å². The standard InChI is InChI=1S/C66H66FN17O6S/c1-40-60-73-76-63(82(60)28-25-79(40)35-44-17-22-50(85-4)31-56(44)88-7)52-13-9-11-48(70-52)33-68-39-90-57-32-51(86-5)23-18-45(57)36-80-26-29-83-61(41(80)2)74-77-64(83)53-14-10-12-49(71-53)34-69-58-55(87-6)24-19-46(59(58)89-8)37-81-27-30-84-62(42(81)3)75-78-65(84)54-38-91-66(72-54)43-15-20-47(67)21-16-43/h9-24,31-32,38,40-42H,25-30,35-37,39H2,1-8H3/q+2. The molecule has 13 rings (SSSR count). The first-order chi connectivity index (χ1) is 44.5. The maximum atomic E-state index is 13.6. The van der Waals surface area contributed by atoms with Gasteiger partial charge in [0.15, 0.2) is 46.3 Å². The van der Waals surface area contributed by atoms with Crippen LogP contribution in [0.3, 0.4) is 0 Å². The molecule has 0 saturated carbocycles. The minimum absolute atomic E-state index is 0.000389. The first-order valence-electron chi connectivity index (χ1n) is 29.8. The zero-order chi connectivity index (χ0) is 62.7. The summed E-state index contributed by atoms with van der Waals surface area (Å²) in [4.78, 5) is 31.1. The van der Waals surface area contributed by atoms with Crippen molar-refractivity contribution in [3.05, 3.63) is 176 Å². The quantitative estimate of drug-likeness (QED) is 0.0831. The van der Waals surface area contributed by atoms with Crippen molar-refractivity contribution in [2.45, 2.75) is 78.2 Å². The zero-order valence-corrected chi connectivity index (χ0v) is 52.4. The van der Waals surface area contributed by atoms with E-state index >= 15 is 0 Å². The third-order valence-corrected chi connectivity index (χ3v) is 17.9. The summed E-state index contributed by atoms with van der Waals surface area (Å²) in [5.74, 6) is 8.21. The van der Waals surface area contributed by atoms with Gasteiger partial charge >= 0.3 is 24.6 Å². The lowest BCUT2D eigenvalue weighted by atomic mass is 10.1. The summed E-state index contributed by atoms with van der Waals surface area (Å²) in [5, 5.41) is 30.6. The third kappa shape index (κ3) is 12.1. The smallest absolute Gasteiger partial charge is 0.423 e. The van der Waals surface area contributed by atoms with Crippen LogP contribution in [0.1, 0.15) is 84.4 Å². The van der Waals surface area contributed by atoms with Crippen LogP contribution in [-0.2, 0) is 39.3 Å². The van der Waals surface area contributed by atoms with Gasteiger partial charge in [0.1, 0.15) is 50.9 Å². The fraction of sp³-hybridized carbons (Fsp3) is 0.318. The molecule has 0 aliphatic carbocycles. The van der Waals surface area contributed by atoms with Gasteiger partial charge in [-0.1, -0.05) is 24.3 Å². The van der Waals surface area contributed by atoms with Crippen LogP contribution >= 0.6 is 11.3 Å². The Hall–Kier alpha value is -10.2. The van der Waals surface area contributed by atoms with Crippen LogP contribution in [-0.4, -0.2) is 136 Å². The van der Waals surface area contributed by atoms with Gasteiger partial charge in [0.2, 0.25) is 11.5 Å². The number of hydrogen-bond donors (Lipinski definition) is 0. The van der Waals surface area contributed by atoms with Crippen molar-refractivity contribution in [3.8, 4) is 91.8 Å². The van der Waals surface area contributed by atoms with Crippen LogP contribution in [0.25, 0.3) is 54.8 Å². The summed E-state index contributed by atoms with van der Waals surface area (Å²) in [6.45, 7) is 12.4. The number of fused-ring (bicyclic) bond motifs is 3. The van der Waals surface area contributed by atoms with E-state index in [0.717, 1.165) is 75.0 Å². The molecule has 91 heavy (non-hydrogen) atoms. The van der Waals surface area contributed by atoms with E-state index in [-0.39, 0.29) is 30.7 Å². The summed E-state index contributed by atoms with van der Waals surface area (Å²) in [6.07, 6.45) is 0. The topological polar surface area (TPSA) is 205 Å². The summed E-state index contributed by atoms with van der Waals surface area (Å²) in [5.41, 5.74) is 7.37. The number of pyridine rings is 2. The second-order valence-corrected chi connectivity index (χ2v) is 23.0. The number of halogens is 1. The van der Waals surface area contributed by atoms with E-state index in [1.807, 2.05) is 90.3 Å². The highest BCUT2D eigenvalue weighted by atomic mass is 32.1. The van der Waals surface area contributed by atoms with E-state index in [9.17, 15) is 4.39 Å². The van der Waals surface area contributed by atoms with Gasteiger partial charge in [-0.05, 0) is 103 Å². The van der Waals surface area contributed by atoms with Crippen molar-refractivity contribution in [1.29, 1.82) is 0 Å². The van der Waals surface area contributed by atoms with Gasteiger partial charge in [0.05, 0.1) is 53.7 Å². The lowest BCUT2D eigenvalue weighted by Gasteiger charge is -2.34. The molecule has 9 heterocycles. The molecular weight excluding hydrogens is 1180 g/mol. The number of methoxy groups -OCH3 is 5. The highest BCUT2D eigenvalue weighted by Gasteiger charge is 2.35. The number of thiazole rings is 1. The predicted molar refractivity (Wildman–Crippen MR) is 339 cm³/mol. The molecule has 6 aromatic heterocycles. The molecule has 462 valence electrons. The highest BCUT2D eigenvalue weighted by Crippen LogP contribution is 2.43. The third-order valence-electron chi connectivity index (χ3n) is 17.0. The maximum absolute atomic E-state index is 13.6. The van der Waals surface area contributed by atoms with E-state index < -0.39 is 0 Å². The summed E-state index contributed by atoms with van der Waals surface area (Å²) >= 11 is 1.49. The van der Waals surface area contributed by atoms with E-state index in [1.165, 1.54) is 23.5 Å². The molecule has 0 spiro atoms. The fourth-order valence-corrected chi connectivity index (χ4v) is 12.8.